The average molecular weight is 289 g/mol. The van der Waals surface area contributed by atoms with E-state index in [4.69, 9.17) is 0 Å². The maximum atomic E-state index is 3.39. The van der Waals surface area contributed by atoms with Crippen molar-refractivity contribution in [3.63, 3.8) is 0 Å². The first kappa shape index (κ1) is 16.3. The molecule has 0 bridgehead atoms. The van der Waals surface area contributed by atoms with Gasteiger partial charge in [0.15, 0.2) is 0 Å². The van der Waals surface area contributed by atoms with Crippen molar-refractivity contribution in [3.05, 3.63) is 29.3 Å². The highest BCUT2D eigenvalue weighted by molar-refractivity contribution is 5.54. The van der Waals surface area contributed by atoms with Crippen LogP contribution in [0.1, 0.15) is 37.8 Å². The lowest BCUT2D eigenvalue weighted by Crippen LogP contribution is -2.38. The van der Waals surface area contributed by atoms with Crippen molar-refractivity contribution in [2.45, 2.75) is 46.2 Å². The fourth-order valence-electron chi connectivity index (χ4n) is 3.46. The van der Waals surface area contributed by atoms with E-state index in [1.807, 2.05) is 0 Å². The van der Waals surface area contributed by atoms with Crippen molar-refractivity contribution in [1.82, 2.24) is 10.2 Å². The molecule has 1 saturated heterocycles. The second-order valence-electron chi connectivity index (χ2n) is 6.21. The molecule has 1 aliphatic rings. The van der Waals surface area contributed by atoms with Crippen molar-refractivity contribution < 1.29 is 0 Å². The van der Waals surface area contributed by atoms with E-state index in [0.29, 0.717) is 0 Å². The predicted molar refractivity (Wildman–Crippen MR) is 92.1 cm³/mol. The van der Waals surface area contributed by atoms with E-state index < -0.39 is 0 Å². The van der Waals surface area contributed by atoms with E-state index in [1.54, 1.807) is 0 Å². The van der Waals surface area contributed by atoms with Crippen LogP contribution in [0.25, 0.3) is 0 Å². The number of anilines is 1. The Balaban J connectivity index is 2.00. The molecule has 0 saturated carbocycles. The van der Waals surface area contributed by atoms with Gasteiger partial charge in [-0.25, -0.2) is 0 Å². The molecular weight excluding hydrogens is 258 g/mol. The molecule has 1 aromatic carbocycles. The summed E-state index contributed by atoms with van der Waals surface area (Å²) in [5.74, 6) is 0. The molecule has 0 aliphatic carbocycles. The SMILES string of the molecule is CCNCc1ccc(N(C)CC2CCCN2CC)c(C)c1. The number of rotatable bonds is 7. The highest BCUT2D eigenvalue weighted by atomic mass is 15.2. The zero-order chi connectivity index (χ0) is 15.2. The minimum atomic E-state index is 0.723. The topological polar surface area (TPSA) is 18.5 Å². The Hall–Kier alpha value is -1.06. The summed E-state index contributed by atoms with van der Waals surface area (Å²) in [5, 5.41) is 3.39. The van der Waals surface area contributed by atoms with E-state index in [9.17, 15) is 0 Å². The molecule has 1 aromatic rings. The Morgan fingerprint density at radius 3 is 2.81 bits per heavy atom. The molecule has 0 amide bonds. The van der Waals surface area contributed by atoms with E-state index in [1.165, 1.54) is 42.7 Å². The number of hydrogen-bond acceptors (Lipinski definition) is 3. The molecule has 0 radical (unpaired) electrons. The Kier molecular flexibility index (Phi) is 6.07. The number of hydrogen-bond donors (Lipinski definition) is 1. The van der Waals surface area contributed by atoms with E-state index in [2.05, 4.69) is 61.1 Å². The van der Waals surface area contributed by atoms with Gasteiger partial charge in [-0.05, 0) is 56.6 Å². The van der Waals surface area contributed by atoms with Gasteiger partial charge in [0.05, 0.1) is 0 Å². The average Bonchev–Trinajstić information content (AvgIpc) is 2.92. The Morgan fingerprint density at radius 1 is 1.33 bits per heavy atom. The lowest BCUT2D eigenvalue weighted by Gasteiger charge is -2.30. The number of aryl methyl sites for hydroxylation is 1. The van der Waals surface area contributed by atoms with E-state index in [0.717, 1.165) is 25.7 Å². The predicted octanol–water partition coefficient (Wildman–Crippen LogP) is 3.03. The molecule has 3 nitrogen and oxygen atoms in total. The van der Waals surface area contributed by atoms with Gasteiger partial charge in [0.25, 0.3) is 0 Å². The minimum Gasteiger partial charge on any atom is -0.373 e. The van der Waals surface area contributed by atoms with Crippen molar-refractivity contribution in [2.24, 2.45) is 0 Å². The summed E-state index contributed by atoms with van der Waals surface area (Å²) in [4.78, 5) is 5.05. The van der Waals surface area contributed by atoms with Crippen molar-refractivity contribution in [1.29, 1.82) is 0 Å². The van der Waals surface area contributed by atoms with Crippen LogP contribution in [0.2, 0.25) is 0 Å². The number of nitrogens with zero attached hydrogens (tertiary/aromatic N) is 2. The molecule has 1 aliphatic heterocycles. The molecule has 0 aromatic heterocycles. The molecular formula is C18H31N3. The zero-order valence-electron chi connectivity index (χ0n) is 14.2. The third-order valence-electron chi connectivity index (χ3n) is 4.64. The third kappa shape index (κ3) is 4.21. The van der Waals surface area contributed by atoms with Crippen molar-refractivity contribution in [2.75, 3.05) is 38.1 Å². The molecule has 118 valence electrons. The first-order valence-corrected chi connectivity index (χ1v) is 8.41. The highest BCUT2D eigenvalue weighted by Crippen LogP contribution is 2.24. The first-order chi connectivity index (χ1) is 10.2. The molecule has 1 fully saturated rings. The van der Waals surface area contributed by atoms with Crippen molar-refractivity contribution in [3.8, 4) is 0 Å². The monoisotopic (exact) mass is 289 g/mol. The van der Waals surface area contributed by atoms with Crippen LogP contribution in [0.4, 0.5) is 5.69 Å². The summed E-state index contributed by atoms with van der Waals surface area (Å²) in [6.07, 6.45) is 2.70. The van der Waals surface area contributed by atoms with Gasteiger partial charge in [-0.1, -0.05) is 26.0 Å². The van der Waals surface area contributed by atoms with Gasteiger partial charge in [-0.15, -0.1) is 0 Å². The standard InChI is InChI=1S/C18H31N3/c1-5-19-13-16-9-10-18(15(3)12-16)20(4)14-17-8-7-11-21(17)6-2/h9-10,12,17,19H,5-8,11,13-14H2,1-4H3. The maximum Gasteiger partial charge on any atom is 0.0394 e. The van der Waals surface area contributed by atoms with Gasteiger partial charge in [0.2, 0.25) is 0 Å². The van der Waals surface area contributed by atoms with E-state index >= 15 is 0 Å². The lowest BCUT2D eigenvalue weighted by atomic mass is 10.1. The Labute approximate surface area is 130 Å². The number of benzene rings is 1. The Bertz CT molecular complexity index is 444. The number of likely N-dealkylation sites (N-methyl/N-ethyl adjacent to an activating group) is 2. The summed E-state index contributed by atoms with van der Waals surface area (Å²) >= 11 is 0. The van der Waals surface area contributed by atoms with Gasteiger partial charge in [0, 0.05) is 31.9 Å². The second-order valence-corrected chi connectivity index (χ2v) is 6.21. The smallest absolute Gasteiger partial charge is 0.0394 e. The molecule has 1 unspecified atom stereocenters. The van der Waals surface area contributed by atoms with E-state index in [-0.39, 0.29) is 0 Å². The van der Waals surface area contributed by atoms with Crippen LogP contribution >= 0.6 is 0 Å². The van der Waals surface area contributed by atoms with Crippen LogP contribution in [0, 0.1) is 6.92 Å². The zero-order valence-corrected chi connectivity index (χ0v) is 14.2. The Morgan fingerprint density at radius 2 is 2.14 bits per heavy atom. The van der Waals surface area contributed by atoms with Crippen LogP contribution in [0.15, 0.2) is 18.2 Å². The number of nitrogens with one attached hydrogen (secondary N) is 1. The lowest BCUT2D eigenvalue weighted by molar-refractivity contribution is 0.270. The molecule has 1 heterocycles. The summed E-state index contributed by atoms with van der Waals surface area (Å²) < 4.78 is 0. The highest BCUT2D eigenvalue weighted by Gasteiger charge is 2.24. The largest absolute Gasteiger partial charge is 0.373 e. The van der Waals surface area contributed by atoms with Gasteiger partial charge >= 0.3 is 0 Å². The summed E-state index contributed by atoms with van der Waals surface area (Å²) in [7, 11) is 2.23. The van der Waals surface area contributed by atoms with Gasteiger partial charge in [-0.2, -0.15) is 0 Å². The van der Waals surface area contributed by atoms with Crippen LogP contribution in [-0.4, -0.2) is 44.2 Å². The van der Waals surface area contributed by atoms with Crippen LogP contribution in [0.5, 0.6) is 0 Å². The molecule has 3 heteroatoms. The molecule has 0 spiro atoms. The third-order valence-corrected chi connectivity index (χ3v) is 4.64. The quantitative estimate of drug-likeness (QED) is 0.832. The molecule has 1 N–H and O–H groups in total. The summed E-state index contributed by atoms with van der Waals surface area (Å²) in [5.41, 5.74) is 4.13. The normalized spacial score (nSPS) is 19.1. The molecule has 1 atom stereocenters. The van der Waals surface area contributed by atoms with Crippen LogP contribution in [0.3, 0.4) is 0 Å². The van der Waals surface area contributed by atoms with Gasteiger partial charge in [0.1, 0.15) is 0 Å². The summed E-state index contributed by atoms with van der Waals surface area (Å²) in [6.45, 7) is 12.2. The summed E-state index contributed by atoms with van der Waals surface area (Å²) in [6, 6.07) is 7.59. The fraction of sp³-hybridized carbons (Fsp3) is 0.667. The molecule has 2 rings (SSSR count). The second kappa shape index (κ2) is 7.81. The van der Waals surface area contributed by atoms with Crippen LogP contribution in [-0.2, 0) is 6.54 Å². The minimum absolute atomic E-state index is 0.723. The van der Waals surface area contributed by atoms with Crippen LogP contribution < -0.4 is 10.2 Å². The van der Waals surface area contributed by atoms with Crippen molar-refractivity contribution >= 4 is 5.69 Å². The van der Waals surface area contributed by atoms with Gasteiger partial charge < -0.3 is 10.2 Å². The first-order valence-electron chi connectivity index (χ1n) is 8.41. The maximum absolute atomic E-state index is 3.39. The van der Waals surface area contributed by atoms with Gasteiger partial charge in [-0.3, -0.25) is 4.90 Å². The molecule has 21 heavy (non-hydrogen) atoms. The number of likely N-dealkylation sites (tertiary alicyclic amines) is 1. The fourth-order valence-corrected chi connectivity index (χ4v) is 3.46.